The van der Waals surface area contributed by atoms with Crippen LogP contribution < -0.4 is 10.1 Å². The summed E-state index contributed by atoms with van der Waals surface area (Å²) >= 11 is 1.52. The van der Waals surface area contributed by atoms with E-state index in [1.165, 1.54) is 11.3 Å². The zero-order chi connectivity index (χ0) is 15.2. The van der Waals surface area contributed by atoms with Crippen LogP contribution in [-0.2, 0) is 13.2 Å². The van der Waals surface area contributed by atoms with E-state index in [1.807, 2.05) is 19.9 Å². The van der Waals surface area contributed by atoms with Gasteiger partial charge >= 0.3 is 5.69 Å². The minimum Gasteiger partial charge on any atom is -0.481 e. The Morgan fingerprint density at radius 1 is 1.48 bits per heavy atom. The number of rotatable bonds is 7. The molecular weight excluding hydrogens is 290 g/mol. The smallest absolute Gasteiger partial charge is 0.311 e. The summed E-state index contributed by atoms with van der Waals surface area (Å²) in [7, 11) is 0. The van der Waals surface area contributed by atoms with E-state index in [2.05, 4.69) is 10.3 Å². The Morgan fingerprint density at radius 3 is 2.90 bits per heavy atom. The average molecular weight is 307 g/mol. The highest BCUT2D eigenvalue weighted by Gasteiger charge is 2.16. The Kier molecular flexibility index (Phi) is 5.24. The number of hydrogen-bond acceptors (Lipinski definition) is 6. The number of hydrogen-bond donors (Lipinski definition) is 1. The Balaban J connectivity index is 2.12. The Labute approximate surface area is 126 Å². The van der Waals surface area contributed by atoms with Crippen molar-refractivity contribution in [3.8, 4) is 5.75 Å². The Bertz CT molecular complexity index is 628. The van der Waals surface area contributed by atoms with Crippen molar-refractivity contribution in [1.29, 1.82) is 0 Å². The molecule has 0 bridgehead atoms. The monoisotopic (exact) mass is 307 g/mol. The van der Waals surface area contributed by atoms with Gasteiger partial charge in [0.1, 0.15) is 6.61 Å². The average Bonchev–Trinajstić information content (AvgIpc) is 2.88. The second kappa shape index (κ2) is 7.14. The molecule has 0 atom stereocenters. The molecule has 1 N–H and O–H groups in total. The molecule has 2 rings (SSSR count). The normalized spacial score (nSPS) is 10.6. The van der Waals surface area contributed by atoms with Crippen molar-refractivity contribution in [2.75, 3.05) is 6.54 Å². The molecule has 1 heterocycles. The summed E-state index contributed by atoms with van der Waals surface area (Å²) in [5.74, 6) is 0.284. The molecule has 0 saturated carbocycles. The number of aromatic nitrogens is 1. The standard InChI is InChI=1S/C14H17N3O3S/c1-3-15-7-11-4-5-14(13(6-11)17(18)19)20-9-12-8-16-10(2)21-12/h4-6,8,15H,3,7,9H2,1-2H3. The molecule has 0 amide bonds. The molecule has 0 aliphatic heterocycles. The SMILES string of the molecule is CCNCc1ccc(OCc2cnc(C)s2)c([N+](=O)[O-])c1. The maximum atomic E-state index is 11.2. The molecule has 112 valence electrons. The lowest BCUT2D eigenvalue weighted by molar-refractivity contribution is -0.386. The van der Waals surface area contributed by atoms with Gasteiger partial charge in [-0.3, -0.25) is 10.1 Å². The summed E-state index contributed by atoms with van der Waals surface area (Å²) in [4.78, 5) is 15.8. The number of thiazole rings is 1. The van der Waals surface area contributed by atoms with Gasteiger partial charge in [-0.2, -0.15) is 0 Å². The largest absolute Gasteiger partial charge is 0.481 e. The first-order chi connectivity index (χ1) is 10.1. The van der Waals surface area contributed by atoms with Crippen LogP contribution >= 0.6 is 11.3 Å². The topological polar surface area (TPSA) is 77.3 Å². The molecule has 0 aliphatic carbocycles. The third-order valence-electron chi connectivity index (χ3n) is 2.84. The first-order valence-corrected chi connectivity index (χ1v) is 7.44. The van der Waals surface area contributed by atoms with E-state index in [9.17, 15) is 10.1 Å². The Hall–Kier alpha value is -1.99. The summed E-state index contributed by atoms with van der Waals surface area (Å²) in [5.41, 5.74) is 0.858. The van der Waals surface area contributed by atoms with E-state index < -0.39 is 4.92 Å². The van der Waals surface area contributed by atoms with Gasteiger partial charge in [0.15, 0.2) is 5.75 Å². The number of nitrogens with zero attached hydrogens (tertiary/aromatic N) is 2. The van der Waals surface area contributed by atoms with E-state index in [0.29, 0.717) is 13.2 Å². The molecule has 21 heavy (non-hydrogen) atoms. The summed E-state index contributed by atoms with van der Waals surface area (Å²) in [5, 5.41) is 15.2. The van der Waals surface area contributed by atoms with Crippen molar-refractivity contribution in [3.05, 3.63) is 50.0 Å². The maximum Gasteiger partial charge on any atom is 0.311 e. The fourth-order valence-electron chi connectivity index (χ4n) is 1.83. The molecule has 6 nitrogen and oxygen atoms in total. The third-order valence-corrected chi connectivity index (χ3v) is 3.72. The van der Waals surface area contributed by atoms with Crippen LogP contribution in [0.3, 0.4) is 0 Å². The second-order valence-electron chi connectivity index (χ2n) is 4.47. The number of nitrogens with one attached hydrogen (secondary N) is 1. The third kappa shape index (κ3) is 4.24. The van der Waals surface area contributed by atoms with Crippen LogP contribution in [-0.4, -0.2) is 16.5 Å². The predicted octanol–water partition coefficient (Wildman–Crippen LogP) is 3.05. The van der Waals surface area contributed by atoms with Crippen molar-refractivity contribution in [1.82, 2.24) is 10.3 Å². The van der Waals surface area contributed by atoms with Gasteiger partial charge in [0.2, 0.25) is 0 Å². The van der Waals surface area contributed by atoms with E-state index >= 15 is 0 Å². The summed E-state index contributed by atoms with van der Waals surface area (Å²) in [6.07, 6.45) is 1.73. The fourth-order valence-corrected chi connectivity index (χ4v) is 2.54. The first-order valence-electron chi connectivity index (χ1n) is 6.62. The highest BCUT2D eigenvalue weighted by atomic mass is 32.1. The van der Waals surface area contributed by atoms with Crippen LogP contribution in [0.15, 0.2) is 24.4 Å². The van der Waals surface area contributed by atoms with Crippen LogP contribution in [0.25, 0.3) is 0 Å². The molecular formula is C14H17N3O3S. The van der Waals surface area contributed by atoms with Gasteiger partial charge in [-0.05, 0) is 25.1 Å². The van der Waals surface area contributed by atoms with Gasteiger partial charge in [-0.1, -0.05) is 13.0 Å². The van der Waals surface area contributed by atoms with Gasteiger partial charge in [-0.15, -0.1) is 11.3 Å². The molecule has 1 aromatic carbocycles. The zero-order valence-corrected chi connectivity index (χ0v) is 12.8. The number of nitro groups is 1. The zero-order valence-electron chi connectivity index (χ0n) is 12.0. The molecule has 7 heteroatoms. The first kappa shape index (κ1) is 15.4. The fraction of sp³-hybridized carbons (Fsp3) is 0.357. The molecule has 1 aromatic heterocycles. The molecule has 0 aliphatic rings. The lowest BCUT2D eigenvalue weighted by Gasteiger charge is -2.07. The van der Waals surface area contributed by atoms with E-state index in [-0.39, 0.29) is 11.4 Å². The van der Waals surface area contributed by atoms with Gasteiger partial charge < -0.3 is 10.1 Å². The van der Waals surface area contributed by atoms with Gasteiger partial charge in [0.25, 0.3) is 0 Å². The lowest BCUT2D eigenvalue weighted by Crippen LogP contribution is -2.12. The number of aryl methyl sites for hydroxylation is 1. The minimum absolute atomic E-state index is 0.00774. The highest BCUT2D eigenvalue weighted by molar-refractivity contribution is 7.11. The molecule has 0 saturated heterocycles. The van der Waals surface area contributed by atoms with Crippen LogP contribution in [0.1, 0.15) is 22.4 Å². The molecule has 0 fully saturated rings. The van der Waals surface area contributed by atoms with Crippen LogP contribution in [0, 0.1) is 17.0 Å². The summed E-state index contributed by atoms with van der Waals surface area (Å²) < 4.78 is 5.57. The van der Waals surface area contributed by atoms with Gasteiger partial charge in [0, 0.05) is 18.8 Å². The number of ether oxygens (including phenoxy) is 1. The summed E-state index contributed by atoms with van der Waals surface area (Å²) in [6, 6.07) is 5.04. The molecule has 2 aromatic rings. The quantitative estimate of drug-likeness (QED) is 0.628. The minimum atomic E-state index is -0.414. The van der Waals surface area contributed by atoms with Crippen molar-refractivity contribution in [3.63, 3.8) is 0 Å². The number of benzene rings is 1. The van der Waals surface area contributed by atoms with E-state index in [0.717, 1.165) is 22.0 Å². The van der Waals surface area contributed by atoms with Gasteiger partial charge in [0.05, 0.1) is 14.8 Å². The molecule has 0 spiro atoms. The summed E-state index contributed by atoms with van der Waals surface area (Å²) in [6.45, 7) is 5.61. The van der Waals surface area contributed by atoms with Crippen molar-refractivity contribution in [2.45, 2.75) is 27.0 Å². The van der Waals surface area contributed by atoms with Crippen molar-refractivity contribution >= 4 is 17.0 Å². The Morgan fingerprint density at radius 2 is 2.29 bits per heavy atom. The molecule has 0 unspecified atom stereocenters. The second-order valence-corrected chi connectivity index (χ2v) is 5.79. The van der Waals surface area contributed by atoms with E-state index in [1.54, 1.807) is 18.3 Å². The molecule has 0 radical (unpaired) electrons. The highest BCUT2D eigenvalue weighted by Crippen LogP contribution is 2.29. The van der Waals surface area contributed by atoms with Crippen LogP contribution in [0.5, 0.6) is 5.75 Å². The van der Waals surface area contributed by atoms with E-state index in [4.69, 9.17) is 4.74 Å². The van der Waals surface area contributed by atoms with Crippen LogP contribution in [0.4, 0.5) is 5.69 Å². The van der Waals surface area contributed by atoms with Crippen LogP contribution in [0.2, 0.25) is 0 Å². The lowest BCUT2D eigenvalue weighted by atomic mass is 10.2. The van der Waals surface area contributed by atoms with Crippen molar-refractivity contribution in [2.24, 2.45) is 0 Å². The predicted molar refractivity (Wildman–Crippen MR) is 81.7 cm³/mol. The van der Waals surface area contributed by atoms with Crippen molar-refractivity contribution < 1.29 is 9.66 Å². The van der Waals surface area contributed by atoms with Gasteiger partial charge in [-0.25, -0.2) is 4.98 Å². The maximum absolute atomic E-state index is 11.2. The number of nitro benzene ring substituents is 1.